The van der Waals surface area contributed by atoms with Crippen LogP contribution in [0.4, 0.5) is 0 Å². The van der Waals surface area contributed by atoms with Gasteiger partial charge in [0.1, 0.15) is 5.75 Å². The van der Waals surface area contributed by atoms with Crippen molar-refractivity contribution >= 4 is 23.4 Å². The summed E-state index contributed by atoms with van der Waals surface area (Å²) >= 11 is 4.38. The van der Waals surface area contributed by atoms with Gasteiger partial charge in [-0.05, 0) is 30.4 Å². The fraction of sp³-hybridized carbons (Fsp3) is 0.333. The first-order valence-electron chi connectivity index (χ1n) is 6.15. The van der Waals surface area contributed by atoms with Crippen LogP contribution < -0.4 is 4.74 Å². The quantitative estimate of drug-likeness (QED) is 0.785. The van der Waals surface area contributed by atoms with Gasteiger partial charge in [0.25, 0.3) is 0 Å². The number of hydrogen-bond donors (Lipinski definition) is 1. The minimum absolute atomic E-state index is 0.897. The van der Waals surface area contributed by atoms with E-state index in [0.717, 1.165) is 34.6 Å². The Bertz CT molecular complexity index is 499. The molecule has 1 aliphatic rings. The maximum atomic E-state index is 5.25. The van der Waals surface area contributed by atoms with Gasteiger partial charge in [-0.15, -0.1) is 12.6 Å². The third-order valence-corrected chi connectivity index (χ3v) is 3.30. The van der Waals surface area contributed by atoms with Gasteiger partial charge in [-0.2, -0.15) is 0 Å². The van der Waals surface area contributed by atoms with Crippen molar-refractivity contribution in [2.45, 2.75) is 17.7 Å². The highest BCUT2D eigenvalue weighted by molar-refractivity contribution is 7.80. The Morgan fingerprint density at radius 2 is 1.67 bits per heavy atom. The molecular formula is C15H18O2S. The summed E-state index contributed by atoms with van der Waals surface area (Å²) < 4.78 is 10.2. The number of hydrogen-bond acceptors (Lipinski definition) is 3. The fourth-order valence-corrected chi connectivity index (χ4v) is 2.21. The van der Waals surface area contributed by atoms with Gasteiger partial charge in [-0.3, -0.25) is 0 Å². The van der Waals surface area contributed by atoms with Gasteiger partial charge in [-0.1, -0.05) is 24.3 Å². The lowest BCUT2D eigenvalue weighted by Gasteiger charge is -2.06. The Kier molecular flexibility index (Phi) is 4.90. The Labute approximate surface area is 113 Å². The predicted molar refractivity (Wildman–Crippen MR) is 77.8 cm³/mol. The second-order valence-corrected chi connectivity index (χ2v) is 4.63. The fourth-order valence-electron chi connectivity index (χ4n) is 1.94. The highest BCUT2D eigenvalue weighted by Gasteiger charge is 2.01. The second-order valence-electron chi connectivity index (χ2n) is 4.15. The smallest absolute Gasteiger partial charge is 0.126 e. The van der Waals surface area contributed by atoms with E-state index in [2.05, 4.69) is 12.6 Å². The van der Waals surface area contributed by atoms with Crippen LogP contribution in [0.5, 0.6) is 5.75 Å². The van der Waals surface area contributed by atoms with Gasteiger partial charge in [0.2, 0.25) is 0 Å². The minimum Gasteiger partial charge on any atom is -0.496 e. The molecule has 1 aliphatic heterocycles. The van der Waals surface area contributed by atoms with Gasteiger partial charge < -0.3 is 9.47 Å². The molecule has 0 bridgehead atoms. The Morgan fingerprint density at radius 3 is 2.22 bits per heavy atom. The number of thiol groups is 1. The topological polar surface area (TPSA) is 18.5 Å². The molecule has 2 aromatic rings. The molecule has 1 heterocycles. The lowest BCUT2D eigenvalue weighted by Crippen LogP contribution is -1.84. The third-order valence-electron chi connectivity index (χ3n) is 2.91. The van der Waals surface area contributed by atoms with Crippen LogP contribution in [0.1, 0.15) is 12.8 Å². The van der Waals surface area contributed by atoms with Crippen LogP contribution in [-0.2, 0) is 4.74 Å². The van der Waals surface area contributed by atoms with Crippen molar-refractivity contribution in [2.75, 3.05) is 20.3 Å². The first kappa shape index (κ1) is 13.2. The van der Waals surface area contributed by atoms with Crippen molar-refractivity contribution in [3.63, 3.8) is 0 Å². The van der Waals surface area contributed by atoms with Crippen LogP contribution >= 0.6 is 12.6 Å². The molecule has 0 saturated carbocycles. The lowest BCUT2D eigenvalue weighted by molar-refractivity contribution is 0.198. The zero-order valence-corrected chi connectivity index (χ0v) is 11.5. The van der Waals surface area contributed by atoms with Crippen LogP contribution in [0.25, 0.3) is 10.8 Å². The van der Waals surface area contributed by atoms with E-state index in [0.29, 0.717) is 0 Å². The van der Waals surface area contributed by atoms with E-state index >= 15 is 0 Å². The van der Waals surface area contributed by atoms with Gasteiger partial charge in [-0.25, -0.2) is 0 Å². The van der Waals surface area contributed by atoms with Crippen molar-refractivity contribution in [1.29, 1.82) is 0 Å². The van der Waals surface area contributed by atoms with E-state index in [1.165, 1.54) is 12.8 Å². The summed E-state index contributed by atoms with van der Waals surface area (Å²) in [5.41, 5.74) is 0. The highest BCUT2D eigenvalue weighted by atomic mass is 32.1. The third kappa shape index (κ3) is 3.18. The summed E-state index contributed by atoms with van der Waals surface area (Å²) in [6.07, 6.45) is 2.56. The lowest BCUT2D eigenvalue weighted by atomic mass is 10.1. The predicted octanol–water partition coefficient (Wildman–Crippen LogP) is 3.93. The molecule has 3 heteroatoms. The summed E-state index contributed by atoms with van der Waals surface area (Å²) in [5, 5.41) is 2.24. The summed E-state index contributed by atoms with van der Waals surface area (Å²) in [4.78, 5) is 0.983. The number of methoxy groups -OCH3 is 1. The molecule has 1 fully saturated rings. The minimum atomic E-state index is 0.897. The Morgan fingerprint density at radius 1 is 1.00 bits per heavy atom. The first-order chi connectivity index (χ1) is 8.83. The number of rotatable bonds is 1. The van der Waals surface area contributed by atoms with E-state index in [1.807, 2.05) is 36.4 Å². The van der Waals surface area contributed by atoms with Crippen molar-refractivity contribution < 1.29 is 9.47 Å². The molecule has 18 heavy (non-hydrogen) atoms. The molecule has 2 aromatic carbocycles. The standard InChI is InChI=1S/C11H10OS.C4H8O/c1-12-10-6-7-11(13)9-5-3-2-4-8(9)10;1-2-4-5-3-1/h2-7,13H,1H3;1-4H2. The molecule has 0 amide bonds. The van der Waals surface area contributed by atoms with Crippen LogP contribution in [0.2, 0.25) is 0 Å². The monoisotopic (exact) mass is 262 g/mol. The zero-order chi connectivity index (χ0) is 12.8. The Balaban J connectivity index is 0.000000202. The molecule has 0 atom stereocenters. The summed E-state index contributed by atoms with van der Waals surface area (Å²) in [6.45, 7) is 2.00. The molecule has 0 spiro atoms. The Hall–Kier alpha value is -1.19. The molecule has 0 aromatic heterocycles. The molecule has 0 radical (unpaired) electrons. The molecule has 0 aliphatic carbocycles. The van der Waals surface area contributed by atoms with E-state index in [-0.39, 0.29) is 0 Å². The zero-order valence-electron chi connectivity index (χ0n) is 10.6. The SMILES string of the molecule is C1CCOC1.COc1ccc(S)c2ccccc12. The van der Waals surface area contributed by atoms with Crippen LogP contribution in [0, 0.1) is 0 Å². The van der Waals surface area contributed by atoms with Crippen LogP contribution in [-0.4, -0.2) is 20.3 Å². The van der Waals surface area contributed by atoms with Crippen LogP contribution in [0.15, 0.2) is 41.3 Å². The molecule has 2 nitrogen and oxygen atoms in total. The van der Waals surface area contributed by atoms with Gasteiger partial charge in [0.15, 0.2) is 0 Å². The molecule has 0 N–H and O–H groups in total. The molecule has 96 valence electrons. The van der Waals surface area contributed by atoms with Gasteiger partial charge in [0, 0.05) is 23.5 Å². The molecule has 1 saturated heterocycles. The average Bonchev–Trinajstić information content (AvgIpc) is 2.99. The van der Waals surface area contributed by atoms with Crippen molar-refractivity contribution in [3.05, 3.63) is 36.4 Å². The number of fused-ring (bicyclic) bond motifs is 1. The summed E-state index contributed by atoms with van der Waals surface area (Å²) in [7, 11) is 1.68. The van der Waals surface area contributed by atoms with Gasteiger partial charge >= 0.3 is 0 Å². The maximum Gasteiger partial charge on any atom is 0.126 e. The summed E-state index contributed by atoms with van der Waals surface area (Å²) in [5.74, 6) is 0.897. The number of benzene rings is 2. The van der Waals surface area contributed by atoms with E-state index < -0.39 is 0 Å². The van der Waals surface area contributed by atoms with Crippen LogP contribution in [0.3, 0.4) is 0 Å². The van der Waals surface area contributed by atoms with Crippen molar-refractivity contribution in [3.8, 4) is 5.75 Å². The largest absolute Gasteiger partial charge is 0.496 e. The average molecular weight is 262 g/mol. The summed E-state index contributed by atoms with van der Waals surface area (Å²) in [6, 6.07) is 12.0. The van der Waals surface area contributed by atoms with E-state index in [4.69, 9.17) is 9.47 Å². The number of ether oxygens (including phenoxy) is 2. The molecular weight excluding hydrogens is 244 g/mol. The molecule has 0 unspecified atom stereocenters. The second kappa shape index (κ2) is 6.66. The normalized spacial score (nSPS) is 14.1. The van der Waals surface area contributed by atoms with E-state index in [9.17, 15) is 0 Å². The van der Waals surface area contributed by atoms with Crippen molar-refractivity contribution in [1.82, 2.24) is 0 Å². The van der Waals surface area contributed by atoms with Gasteiger partial charge in [0.05, 0.1) is 7.11 Å². The first-order valence-corrected chi connectivity index (χ1v) is 6.60. The van der Waals surface area contributed by atoms with E-state index in [1.54, 1.807) is 7.11 Å². The highest BCUT2D eigenvalue weighted by Crippen LogP contribution is 2.29. The maximum absolute atomic E-state index is 5.25. The van der Waals surface area contributed by atoms with Crippen molar-refractivity contribution in [2.24, 2.45) is 0 Å². The molecule has 3 rings (SSSR count).